The molecule has 82 valence electrons. The largest absolute Gasteiger partial charge is 0.478 e. The first-order chi connectivity index (χ1) is 7.10. The number of carboxylic acids is 1. The third-order valence-electron chi connectivity index (χ3n) is 2.35. The lowest BCUT2D eigenvalue weighted by Crippen LogP contribution is -2.24. The Kier molecular flexibility index (Phi) is 3.66. The fraction of sp³-hybridized carbons (Fsp3) is 0.455. The molecule has 0 aliphatic heterocycles. The normalized spacial score (nSPS) is 10.1. The van der Waals surface area contributed by atoms with E-state index in [0.717, 1.165) is 24.5 Å². The standard InChI is InChI=1S/C11H16N2O2/c1-4-13(5-2)10-6-8(3)12-7-9(10)11(14)15/h6-7H,4-5H2,1-3H3,(H,14,15). The van der Waals surface area contributed by atoms with Crippen molar-refractivity contribution in [3.05, 3.63) is 23.5 Å². The van der Waals surface area contributed by atoms with E-state index in [0.29, 0.717) is 0 Å². The van der Waals surface area contributed by atoms with Gasteiger partial charge >= 0.3 is 5.97 Å². The zero-order chi connectivity index (χ0) is 11.4. The van der Waals surface area contributed by atoms with E-state index < -0.39 is 5.97 Å². The number of aromatic nitrogens is 1. The number of hydrogen-bond acceptors (Lipinski definition) is 3. The average molecular weight is 208 g/mol. The van der Waals surface area contributed by atoms with Gasteiger partial charge in [0.25, 0.3) is 0 Å². The first-order valence-electron chi connectivity index (χ1n) is 5.05. The molecule has 0 spiro atoms. The van der Waals surface area contributed by atoms with E-state index >= 15 is 0 Å². The summed E-state index contributed by atoms with van der Waals surface area (Å²) >= 11 is 0. The molecule has 0 bridgehead atoms. The maximum absolute atomic E-state index is 11.0. The first kappa shape index (κ1) is 11.5. The summed E-state index contributed by atoms with van der Waals surface area (Å²) in [6.45, 7) is 7.45. The third-order valence-corrected chi connectivity index (χ3v) is 2.35. The Labute approximate surface area is 89.6 Å². The predicted octanol–water partition coefficient (Wildman–Crippen LogP) is 1.93. The average Bonchev–Trinajstić information content (AvgIpc) is 2.19. The van der Waals surface area contributed by atoms with Crippen LogP contribution in [0.4, 0.5) is 5.69 Å². The topological polar surface area (TPSA) is 53.4 Å². The summed E-state index contributed by atoms with van der Waals surface area (Å²) in [5.41, 5.74) is 1.85. The van der Waals surface area contributed by atoms with E-state index in [2.05, 4.69) is 4.98 Å². The van der Waals surface area contributed by atoms with Crippen LogP contribution in [0.5, 0.6) is 0 Å². The zero-order valence-corrected chi connectivity index (χ0v) is 9.32. The second-order valence-electron chi connectivity index (χ2n) is 3.32. The number of aromatic carboxylic acids is 1. The Morgan fingerprint density at radius 3 is 2.53 bits per heavy atom. The van der Waals surface area contributed by atoms with Crippen molar-refractivity contribution in [1.82, 2.24) is 4.98 Å². The lowest BCUT2D eigenvalue weighted by Gasteiger charge is -2.22. The van der Waals surface area contributed by atoms with Crippen molar-refractivity contribution in [2.24, 2.45) is 0 Å². The van der Waals surface area contributed by atoms with E-state index in [1.807, 2.05) is 31.7 Å². The van der Waals surface area contributed by atoms with Gasteiger partial charge in [0.05, 0.1) is 5.69 Å². The maximum Gasteiger partial charge on any atom is 0.339 e. The Hall–Kier alpha value is -1.58. The fourth-order valence-corrected chi connectivity index (χ4v) is 1.54. The number of rotatable bonds is 4. The summed E-state index contributed by atoms with van der Waals surface area (Å²) in [5, 5.41) is 9.03. The van der Waals surface area contributed by atoms with Crippen LogP contribution in [0.3, 0.4) is 0 Å². The summed E-state index contributed by atoms with van der Waals surface area (Å²) in [5.74, 6) is -0.926. The van der Waals surface area contributed by atoms with Gasteiger partial charge in [0.15, 0.2) is 0 Å². The Balaban J connectivity index is 3.22. The van der Waals surface area contributed by atoms with Gasteiger partial charge in [-0.15, -0.1) is 0 Å². The molecule has 0 aliphatic rings. The van der Waals surface area contributed by atoms with Crippen LogP contribution in [0.15, 0.2) is 12.3 Å². The van der Waals surface area contributed by atoms with Crippen molar-refractivity contribution in [3.8, 4) is 0 Å². The number of carbonyl (C=O) groups is 1. The number of aryl methyl sites for hydroxylation is 1. The number of nitrogens with zero attached hydrogens (tertiary/aromatic N) is 2. The molecule has 1 aromatic rings. The molecule has 0 atom stereocenters. The van der Waals surface area contributed by atoms with E-state index in [4.69, 9.17) is 5.11 Å². The van der Waals surface area contributed by atoms with Crippen molar-refractivity contribution in [3.63, 3.8) is 0 Å². The summed E-state index contributed by atoms with van der Waals surface area (Å²) < 4.78 is 0. The van der Waals surface area contributed by atoms with Gasteiger partial charge in [-0.1, -0.05) is 0 Å². The van der Waals surface area contributed by atoms with Crippen LogP contribution >= 0.6 is 0 Å². The van der Waals surface area contributed by atoms with E-state index in [-0.39, 0.29) is 5.56 Å². The molecule has 1 aromatic heterocycles. The van der Waals surface area contributed by atoms with Crippen molar-refractivity contribution in [1.29, 1.82) is 0 Å². The molecule has 1 heterocycles. The quantitative estimate of drug-likeness (QED) is 0.821. The molecule has 4 heteroatoms. The second-order valence-corrected chi connectivity index (χ2v) is 3.32. The third kappa shape index (κ3) is 2.46. The molecule has 0 saturated carbocycles. The molecule has 0 unspecified atom stereocenters. The molecule has 15 heavy (non-hydrogen) atoms. The molecular formula is C11H16N2O2. The smallest absolute Gasteiger partial charge is 0.339 e. The lowest BCUT2D eigenvalue weighted by atomic mass is 10.2. The van der Waals surface area contributed by atoms with E-state index in [1.165, 1.54) is 6.20 Å². The Morgan fingerprint density at radius 2 is 2.07 bits per heavy atom. The van der Waals surface area contributed by atoms with Crippen molar-refractivity contribution in [2.45, 2.75) is 20.8 Å². The molecular weight excluding hydrogens is 192 g/mol. The van der Waals surface area contributed by atoms with Gasteiger partial charge in [-0.3, -0.25) is 4.98 Å². The van der Waals surface area contributed by atoms with Crippen LogP contribution in [0.25, 0.3) is 0 Å². The van der Waals surface area contributed by atoms with Gasteiger partial charge in [0.1, 0.15) is 5.56 Å². The maximum atomic E-state index is 11.0. The minimum atomic E-state index is -0.926. The highest BCUT2D eigenvalue weighted by Crippen LogP contribution is 2.20. The Morgan fingerprint density at radius 1 is 1.47 bits per heavy atom. The number of carboxylic acid groups (broad SMARTS) is 1. The van der Waals surface area contributed by atoms with E-state index in [9.17, 15) is 4.79 Å². The van der Waals surface area contributed by atoms with Crippen LogP contribution in [0.2, 0.25) is 0 Å². The molecule has 4 nitrogen and oxygen atoms in total. The molecule has 0 saturated heterocycles. The molecule has 1 rings (SSSR count). The van der Waals surface area contributed by atoms with Crippen LogP contribution in [-0.4, -0.2) is 29.1 Å². The highest BCUT2D eigenvalue weighted by atomic mass is 16.4. The molecule has 0 fully saturated rings. The van der Waals surface area contributed by atoms with Gasteiger partial charge in [0, 0.05) is 25.0 Å². The van der Waals surface area contributed by atoms with Gasteiger partial charge in [-0.2, -0.15) is 0 Å². The fourth-order valence-electron chi connectivity index (χ4n) is 1.54. The van der Waals surface area contributed by atoms with Crippen LogP contribution in [0, 0.1) is 6.92 Å². The van der Waals surface area contributed by atoms with Crippen LogP contribution in [-0.2, 0) is 0 Å². The van der Waals surface area contributed by atoms with Crippen LogP contribution in [0.1, 0.15) is 29.9 Å². The van der Waals surface area contributed by atoms with Crippen LogP contribution < -0.4 is 4.90 Å². The SMILES string of the molecule is CCN(CC)c1cc(C)ncc1C(=O)O. The molecule has 0 radical (unpaired) electrons. The van der Waals surface area contributed by atoms with Crippen molar-refractivity contribution in [2.75, 3.05) is 18.0 Å². The monoisotopic (exact) mass is 208 g/mol. The van der Waals surface area contributed by atoms with Gasteiger partial charge in [-0.05, 0) is 26.8 Å². The molecule has 1 N–H and O–H groups in total. The van der Waals surface area contributed by atoms with Crippen molar-refractivity contribution < 1.29 is 9.90 Å². The summed E-state index contributed by atoms with van der Waals surface area (Å²) in [6.07, 6.45) is 1.42. The predicted molar refractivity (Wildman–Crippen MR) is 59.5 cm³/mol. The summed E-state index contributed by atoms with van der Waals surface area (Å²) in [6, 6.07) is 1.82. The minimum Gasteiger partial charge on any atom is -0.478 e. The first-order valence-corrected chi connectivity index (χ1v) is 5.05. The van der Waals surface area contributed by atoms with Gasteiger partial charge in [-0.25, -0.2) is 4.79 Å². The van der Waals surface area contributed by atoms with Gasteiger partial charge < -0.3 is 10.0 Å². The lowest BCUT2D eigenvalue weighted by molar-refractivity contribution is 0.0697. The summed E-state index contributed by atoms with van der Waals surface area (Å²) in [4.78, 5) is 17.0. The minimum absolute atomic E-state index is 0.268. The van der Waals surface area contributed by atoms with Gasteiger partial charge in [0.2, 0.25) is 0 Å². The molecule has 0 aliphatic carbocycles. The van der Waals surface area contributed by atoms with E-state index in [1.54, 1.807) is 0 Å². The number of pyridine rings is 1. The zero-order valence-electron chi connectivity index (χ0n) is 9.32. The highest BCUT2D eigenvalue weighted by Gasteiger charge is 2.14. The number of anilines is 1. The van der Waals surface area contributed by atoms with Crippen molar-refractivity contribution >= 4 is 11.7 Å². The highest BCUT2D eigenvalue weighted by molar-refractivity contribution is 5.94. The second kappa shape index (κ2) is 4.77. The Bertz CT molecular complexity index is 360. The number of hydrogen-bond donors (Lipinski definition) is 1. The summed E-state index contributed by atoms with van der Waals surface area (Å²) in [7, 11) is 0. The molecule has 0 amide bonds. The molecule has 0 aromatic carbocycles.